The summed E-state index contributed by atoms with van der Waals surface area (Å²) in [5.41, 5.74) is 0.908. The molecule has 2 rings (SSSR count). The van der Waals surface area contributed by atoms with Gasteiger partial charge in [0.1, 0.15) is 0 Å². The van der Waals surface area contributed by atoms with E-state index in [9.17, 15) is 8.42 Å². The van der Waals surface area contributed by atoms with Crippen molar-refractivity contribution in [1.29, 1.82) is 0 Å². The number of hydrogen-bond acceptors (Lipinski definition) is 4. The minimum atomic E-state index is -3.12. The Kier molecular flexibility index (Phi) is 4.39. The first-order valence-corrected chi connectivity index (χ1v) is 8.92. The fourth-order valence-corrected chi connectivity index (χ4v) is 3.16. The first-order chi connectivity index (χ1) is 9.32. The van der Waals surface area contributed by atoms with Crippen LogP contribution in [0, 0.1) is 0 Å². The molecule has 4 nitrogen and oxygen atoms in total. The van der Waals surface area contributed by atoms with E-state index >= 15 is 0 Å². The van der Waals surface area contributed by atoms with Gasteiger partial charge in [0.15, 0.2) is 9.84 Å². The van der Waals surface area contributed by atoms with E-state index in [-0.39, 0.29) is 5.60 Å². The molecule has 20 heavy (non-hydrogen) atoms. The molecule has 1 saturated heterocycles. The van der Waals surface area contributed by atoms with Gasteiger partial charge in [0.05, 0.1) is 10.5 Å². The largest absolute Gasteiger partial charge is 0.382 e. The molecule has 1 aliphatic heterocycles. The maximum Gasteiger partial charge on any atom is 0.175 e. The summed E-state index contributed by atoms with van der Waals surface area (Å²) in [6.07, 6.45) is 4.17. The topological polar surface area (TPSA) is 55.4 Å². The molecule has 2 atom stereocenters. The standard InChI is InChI=1S/C15H23NO3S/c1-4-15(2)11-13(9-10-19-15)16-12-5-7-14(8-6-12)20(3,17)18/h5-8,13,16H,4,9-11H2,1-3H3. The lowest BCUT2D eigenvalue weighted by molar-refractivity contribution is -0.0708. The zero-order valence-electron chi connectivity index (χ0n) is 12.3. The highest BCUT2D eigenvalue weighted by molar-refractivity contribution is 7.90. The van der Waals surface area contributed by atoms with Crippen molar-refractivity contribution in [3.8, 4) is 0 Å². The summed E-state index contributed by atoms with van der Waals surface area (Å²) in [7, 11) is -3.12. The molecule has 0 amide bonds. The van der Waals surface area contributed by atoms with E-state index in [1.165, 1.54) is 6.26 Å². The Morgan fingerprint density at radius 3 is 2.55 bits per heavy atom. The lowest BCUT2D eigenvalue weighted by Crippen LogP contribution is -2.41. The number of rotatable bonds is 4. The SMILES string of the molecule is CCC1(C)CC(Nc2ccc(S(C)(=O)=O)cc2)CCO1. The summed E-state index contributed by atoms with van der Waals surface area (Å²) < 4.78 is 28.7. The van der Waals surface area contributed by atoms with Crippen molar-refractivity contribution in [2.45, 2.75) is 49.6 Å². The average Bonchev–Trinajstić information content (AvgIpc) is 2.38. The van der Waals surface area contributed by atoms with Crippen molar-refractivity contribution < 1.29 is 13.2 Å². The quantitative estimate of drug-likeness (QED) is 0.928. The van der Waals surface area contributed by atoms with Crippen LogP contribution in [-0.2, 0) is 14.6 Å². The van der Waals surface area contributed by atoms with Gasteiger partial charge in [-0.2, -0.15) is 0 Å². The molecule has 0 saturated carbocycles. The van der Waals surface area contributed by atoms with Crippen LogP contribution in [0.5, 0.6) is 0 Å². The van der Waals surface area contributed by atoms with Crippen molar-refractivity contribution in [2.75, 3.05) is 18.2 Å². The van der Waals surface area contributed by atoms with Crippen molar-refractivity contribution in [3.63, 3.8) is 0 Å². The van der Waals surface area contributed by atoms with Crippen LogP contribution in [0.15, 0.2) is 29.2 Å². The summed E-state index contributed by atoms with van der Waals surface area (Å²) in [6, 6.07) is 7.33. The number of ether oxygens (including phenoxy) is 1. The second kappa shape index (κ2) is 5.74. The van der Waals surface area contributed by atoms with E-state index in [0.29, 0.717) is 10.9 Å². The van der Waals surface area contributed by atoms with Crippen LogP contribution in [0.3, 0.4) is 0 Å². The van der Waals surface area contributed by atoms with Crippen molar-refractivity contribution in [2.24, 2.45) is 0 Å². The highest BCUT2D eigenvalue weighted by Crippen LogP contribution is 2.29. The van der Waals surface area contributed by atoms with Gasteiger partial charge in [0, 0.05) is 24.6 Å². The van der Waals surface area contributed by atoms with E-state index in [4.69, 9.17) is 4.74 Å². The zero-order chi connectivity index (χ0) is 14.8. The molecule has 1 fully saturated rings. The minimum absolute atomic E-state index is 0.0530. The van der Waals surface area contributed by atoms with Crippen LogP contribution >= 0.6 is 0 Å². The van der Waals surface area contributed by atoms with E-state index in [1.807, 2.05) is 12.1 Å². The molecule has 2 unspecified atom stereocenters. The van der Waals surface area contributed by atoms with Gasteiger partial charge in [0.25, 0.3) is 0 Å². The number of benzene rings is 1. The summed E-state index contributed by atoms with van der Waals surface area (Å²) in [6.45, 7) is 5.06. The molecule has 1 aliphatic rings. The van der Waals surface area contributed by atoms with Gasteiger partial charge in [0.2, 0.25) is 0 Å². The first-order valence-electron chi connectivity index (χ1n) is 7.03. The molecule has 1 heterocycles. The molecule has 5 heteroatoms. The molecule has 112 valence electrons. The van der Waals surface area contributed by atoms with Gasteiger partial charge in [-0.3, -0.25) is 0 Å². The Morgan fingerprint density at radius 2 is 2.00 bits per heavy atom. The second-order valence-electron chi connectivity index (χ2n) is 5.78. The monoisotopic (exact) mass is 297 g/mol. The molecular weight excluding hydrogens is 274 g/mol. The Balaban J connectivity index is 2.03. The zero-order valence-corrected chi connectivity index (χ0v) is 13.2. The highest BCUT2D eigenvalue weighted by atomic mass is 32.2. The summed E-state index contributed by atoms with van der Waals surface area (Å²) >= 11 is 0. The Morgan fingerprint density at radius 1 is 1.35 bits per heavy atom. The second-order valence-corrected chi connectivity index (χ2v) is 7.80. The molecule has 0 aliphatic carbocycles. The molecule has 0 bridgehead atoms. The van der Waals surface area contributed by atoms with Gasteiger partial charge in [-0.05, 0) is 50.5 Å². The Labute approximate surface area is 121 Å². The smallest absolute Gasteiger partial charge is 0.175 e. The van der Waals surface area contributed by atoms with Gasteiger partial charge in [-0.25, -0.2) is 8.42 Å². The van der Waals surface area contributed by atoms with Crippen LogP contribution in [-0.4, -0.2) is 32.9 Å². The van der Waals surface area contributed by atoms with Crippen LogP contribution in [0.2, 0.25) is 0 Å². The lowest BCUT2D eigenvalue weighted by atomic mass is 9.90. The van der Waals surface area contributed by atoms with E-state index < -0.39 is 9.84 Å². The number of nitrogens with one attached hydrogen (secondary N) is 1. The fourth-order valence-electron chi connectivity index (χ4n) is 2.53. The minimum Gasteiger partial charge on any atom is -0.382 e. The molecule has 0 radical (unpaired) electrons. The van der Waals surface area contributed by atoms with Crippen molar-refractivity contribution >= 4 is 15.5 Å². The van der Waals surface area contributed by atoms with Gasteiger partial charge >= 0.3 is 0 Å². The Hall–Kier alpha value is -1.07. The van der Waals surface area contributed by atoms with Gasteiger partial charge < -0.3 is 10.1 Å². The van der Waals surface area contributed by atoms with Crippen molar-refractivity contribution in [1.82, 2.24) is 0 Å². The van der Waals surface area contributed by atoms with Crippen LogP contribution in [0.4, 0.5) is 5.69 Å². The molecule has 1 N–H and O–H groups in total. The lowest BCUT2D eigenvalue weighted by Gasteiger charge is -2.38. The third-order valence-electron chi connectivity index (χ3n) is 4.00. The molecule has 0 spiro atoms. The third-order valence-corrected chi connectivity index (χ3v) is 5.12. The van der Waals surface area contributed by atoms with Crippen LogP contribution in [0.25, 0.3) is 0 Å². The van der Waals surface area contributed by atoms with E-state index in [2.05, 4.69) is 19.2 Å². The molecule has 0 aromatic heterocycles. The maximum absolute atomic E-state index is 11.4. The summed E-state index contributed by atoms with van der Waals surface area (Å²) in [5, 5.41) is 3.47. The third kappa shape index (κ3) is 3.73. The predicted octanol–water partition coefficient (Wildman–Crippen LogP) is 2.85. The number of hydrogen-bond donors (Lipinski definition) is 1. The summed E-state index contributed by atoms with van der Waals surface area (Å²) in [4.78, 5) is 0.355. The molecule has 1 aromatic carbocycles. The Bertz CT molecular complexity index is 553. The van der Waals surface area contributed by atoms with Gasteiger partial charge in [-0.1, -0.05) is 6.92 Å². The van der Waals surface area contributed by atoms with Crippen molar-refractivity contribution in [3.05, 3.63) is 24.3 Å². The van der Waals surface area contributed by atoms with E-state index in [0.717, 1.165) is 31.6 Å². The fraction of sp³-hybridized carbons (Fsp3) is 0.600. The van der Waals surface area contributed by atoms with Crippen LogP contribution < -0.4 is 5.32 Å². The summed E-state index contributed by atoms with van der Waals surface area (Å²) in [5.74, 6) is 0. The number of anilines is 1. The van der Waals surface area contributed by atoms with Gasteiger partial charge in [-0.15, -0.1) is 0 Å². The van der Waals surface area contributed by atoms with E-state index in [1.54, 1.807) is 12.1 Å². The first kappa shape index (κ1) is 15.3. The normalized spacial score (nSPS) is 27.2. The average molecular weight is 297 g/mol. The molecule has 1 aromatic rings. The van der Waals surface area contributed by atoms with Crippen LogP contribution in [0.1, 0.15) is 33.1 Å². The highest BCUT2D eigenvalue weighted by Gasteiger charge is 2.31. The maximum atomic E-state index is 11.4. The molecular formula is C15H23NO3S. The predicted molar refractivity (Wildman–Crippen MR) is 80.8 cm³/mol. The number of sulfone groups is 1.